The number of piperidine rings is 2. The van der Waals surface area contributed by atoms with Crippen molar-refractivity contribution in [1.29, 1.82) is 0 Å². The summed E-state index contributed by atoms with van der Waals surface area (Å²) < 4.78 is 14.6. The zero-order valence-electron chi connectivity index (χ0n) is 25.1. The fraction of sp³-hybridized carbons (Fsp3) is 0.529. The van der Waals surface area contributed by atoms with E-state index in [1.165, 1.54) is 64.7 Å². The monoisotopic (exact) mass is 572 g/mol. The zero-order valence-corrected chi connectivity index (χ0v) is 25.1. The molecule has 2 aliphatic rings. The summed E-state index contributed by atoms with van der Waals surface area (Å²) in [4.78, 5) is 17.6. The summed E-state index contributed by atoms with van der Waals surface area (Å²) in [5, 5.41) is 8.88. The maximum absolute atomic E-state index is 12.5. The molecule has 8 nitrogen and oxygen atoms in total. The highest BCUT2D eigenvalue weighted by Crippen LogP contribution is 2.37. The maximum Gasteiger partial charge on any atom is 0.261 e. The van der Waals surface area contributed by atoms with Crippen molar-refractivity contribution in [2.75, 3.05) is 64.3 Å². The van der Waals surface area contributed by atoms with Gasteiger partial charge in [0.25, 0.3) is 11.4 Å². The lowest BCUT2D eigenvalue weighted by Gasteiger charge is -2.26. The van der Waals surface area contributed by atoms with Crippen LogP contribution in [0.4, 0.5) is 5.69 Å². The Morgan fingerprint density at radius 2 is 1.57 bits per heavy atom. The number of carbonyl (C=O) groups excluding carboxylic acids is 1. The highest BCUT2D eigenvalue weighted by atomic mass is 16.5. The number of benzene rings is 2. The molecule has 224 valence electrons. The number of furan rings is 1. The number of rotatable bonds is 12. The molecule has 2 N–H and O–H groups in total. The lowest BCUT2D eigenvalue weighted by atomic mass is 10.1. The van der Waals surface area contributed by atoms with Gasteiger partial charge >= 0.3 is 0 Å². The van der Waals surface area contributed by atoms with Crippen molar-refractivity contribution in [1.82, 2.24) is 15.1 Å². The van der Waals surface area contributed by atoms with Crippen LogP contribution in [0.5, 0.6) is 5.75 Å². The van der Waals surface area contributed by atoms with Crippen LogP contribution in [0.15, 0.2) is 46.9 Å². The lowest BCUT2D eigenvalue weighted by molar-refractivity contribution is -0.616. The molecule has 0 atom stereocenters. The highest BCUT2D eigenvalue weighted by Gasteiger charge is 2.25. The summed E-state index contributed by atoms with van der Waals surface area (Å²) in [6.45, 7) is 8.57. The van der Waals surface area contributed by atoms with Crippen molar-refractivity contribution in [3.63, 3.8) is 0 Å². The highest BCUT2D eigenvalue weighted by molar-refractivity contribution is 6.11. The summed E-state index contributed by atoms with van der Waals surface area (Å²) in [6.07, 6.45) is 10.0. The van der Waals surface area contributed by atoms with Crippen molar-refractivity contribution >= 4 is 44.6 Å². The molecule has 1 amide bonds. The Labute approximate surface area is 249 Å². The molecule has 8 heteroatoms. The molecule has 2 aliphatic heterocycles. The SMILES string of the molecule is C[n+]1c2ccccc2c(NCCCN2CCCCC2)c2oc3ccc(OCC(=O)NCCCN4CCCCC4)cc3c21. The van der Waals surface area contributed by atoms with Crippen molar-refractivity contribution < 1.29 is 18.5 Å². The maximum atomic E-state index is 12.5. The van der Waals surface area contributed by atoms with E-state index >= 15 is 0 Å². The molecule has 0 unspecified atom stereocenters. The van der Waals surface area contributed by atoms with Crippen LogP contribution in [-0.4, -0.2) is 74.7 Å². The number of ether oxygens (including phenoxy) is 1. The molecule has 2 saturated heterocycles. The van der Waals surface area contributed by atoms with E-state index in [9.17, 15) is 4.79 Å². The number of para-hydroxylation sites is 1. The van der Waals surface area contributed by atoms with E-state index in [-0.39, 0.29) is 12.5 Å². The molecule has 0 aliphatic carbocycles. The summed E-state index contributed by atoms with van der Waals surface area (Å²) in [5.74, 6) is 0.580. The second-order valence-electron chi connectivity index (χ2n) is 12.0. The van der Waals surface area contributed by atoms with Crippen LogP contribution in [-0.2, 0) is 11.8 Å². The minimum atomic E-state index is -0.0848. The molecule has 2 aromatic heterocycles. The summed E-state index contributed by atoms with van der Waals surface area (Å²) in [6, 6.07) is 14.3. The van der Waals surface area contributed by atoms with E-state index in [0.29, 0.717) is 12.3 Å². The molecular weight excluding hydrogens is 526 g/mol. The van der Waals surface area contributed by atoms with Gasteiger partial charge in [0.2, 0.25) is 11.1 Å². The van der Waals surface area contributed by atoms with Gasteiger partial charge in [0.05, 0.1) is 16.5 Å². The average Bonchev–Trinajstić information content (AvgIpc) is 3.42. The minimum Gasteiger partial charge on any atom is -0.484 e. The standard InChI is InChI=1S/C34H45N5O3/c1-37-29-13-5-4-12-27(29)32(36-17-11-23-39-20-8-3-9-21-39)34-33(37)28-24-26(14-15-30(28)42-34)41-25-31(40)35-16-10-22-38-18-6-2-7-19-38/h4-5,12-15,24H,2-3,6-11,16-23,25H2,1H3,(H,35,40)/p+1. The van der Waals surface area contributed by atoms with Gasteiger partial charge in [-0.05, 0) is 102 Å². The number of likely N-dealkylation sites (tertiary alicyclic amines) is 2. The Bertz CT molecular complexity index is 1500. The van der Waals surface area contributed by atoms with Crippen LogP contribution in [0, 0.1) is 0 Å². The van der Waals surface area contributed by atoms with Crippen LogP contribution in [0.25, 0.3) is 33.0 Å². The Kier molecular flexibility index (Phi) is 9.41. The van der Waals surface area contributed by atoms with E-state index in [1.54, 1.807) is 0 Å². The van der Waals surface area contributed by atoms with Gasteiger partial charge in [0.1, 0.15) is 18.4 Å². The quantitative estimate of drug-likeness (QED) is 0.179. The van der Waals surface area contributed by atoms with Crippen molar-refractivity contribution in [3.8, 4) is 5.75 Å². The number of hydrogen-bond donors (Lipinski definition) is 2. The fourth-order valence-electron chi connectivity index (χ4n) is 6.66. The van der Waals surface area contributed by atoms with Crippen LogP contribution in [0.3, 0.4) is 0 Å². The molecule has 42 heavy (non-hydrogen) atoms. The predicted molar refractivity (Wildman–Crippen MR) is 169 cm³/mol. The Morgan fingerprint density at radius 1 is 0.881 bits per heavy atom. The first-order chi connectivity index (χ1) is 20.7. The molecule has 6 rings (SSSR count). The molecule has 2 aromatic carbocycles. The smallest absolute Gasteiger partial charge is 0.261 e. The van der Waals surface area contributed by atoms with Crippen LogP contribution < -0.4 is 19.9 Å². The second kappa shape index (κ2) is 13.7. The molecule has 2 fully saturated rings. The summed E-state index contributed by atoms with van der Waals surface area (Å²) >= 11 is 0. The first kappa shape index (κ1) is 28.7. The third-order valence-electron chi connectivity index (χ3n) is 8.92. The largest absolute Gasteiger partial charge is 0.484 e. The first-order valence-corrected chi connectivity index (χ1v) is 16.0. The van der Waals surface area contributed by atoms with Gasteiger partial charge in [-0.2, -0.15) is 4.57 Å². The molecule has 0 spiro atoms. The van der Waals surface area contributed by atoms with Crippen molar-refractivity contribution in [2.45, 2.75) is 51.4 Å². The number of fused-ring (bicyclic) bond motifs is 4. The van der Waals surface area contributed by atoms with Gasteiger partial charge in [0.15, 0.2) is 6.61 Å². The molecule has 4 aromatic rings. The Hall–Kier alpha value is -3.36. The van der Waals surface area contributed by atoms with E-state index in [4.69, 9.17) is 9.15 Å². The van der Waals surface area contributed by atoms with Gasteiger partial charge in [0, 0.05) is 19.2 Å². The van der Waals surface area contributed by atoms with Gasteiger partial charge in [-0.15, -0.1) is 0 Å². The van der Waals surface area contributed by atoms with Gasteiger partial charge in [-0.3, -0.25) is 4.79 Å². The number of pyridine rings is 1. The third kappa shape index (κ3) is 6.65. The second-order valence-corrected chi connectivity index (χ2v) is 12.0. The fourth-order valence-corrected chi connectivity index (χ4v) is 6.66. The number of aryl methyl sites for hydroxylation is 1. The first-order valence-electron chi connectivity index (χ1n) is 16.0. The zero-order chi connectivity index (χ0) is 28.7. The number of nitrogens with one attached hydrogen (secondary N) is 2. The predicted octanol–water partition coefficient (Wildman–Crippen LogP) is 5.22. The van der Waals surface area contributed by atoms with Crippen molar-refractivity contribution in [2.24, 2.45) is 7.05 Å². The van der Waals surface area contributed by atoms with Crippen LogP contribution in [0.1, 0.15) is 51.4 Å². The molecule has 0 saturated carbocycles. The average molecular weight is 573 g/mol. The minimum absolute atomic E-state index is 0.00385. The van der Waals surface area contributed by atoms with Crippen molar-refractivity contribution in [3.05, 3.63) is 42.5 Å². The third-order valence-corrected chi connectivity index (χ3v) is 8.92. The van der Waals surface area contributed by atoms with E-state index in [1.807, 2.05) is 18.2 Å². The number of amides is 1. The van der Waals surface area contributed by atoms with Gasteiger partial charge < -0.3 is 29.6 Å². The topological polar surface area (TPSA) is 73.9 Å². The Morgan fingerprint density at radius 3 is 2.31 bits per heavy atom. The number of anilines is 1. The van der Waals surface area contributed by atoms with E-state index in [2.05, 4.69) is 56.3 Å². The van der Waals surface area contributed by atoms with Gasteiger partial charge in [-0.1, -0.05) is 25.0 Å². The lowest BCUT2D eigenvalue weighted by Crippen LogP contribution is -2.34. The molecular formula is C34H46N5O3+. The number of carbonyl (C=O) groups is 1. The Balaban J connectivity index is 1.14. The van der Waals surface area contributed by atoms with Crippen LogP contribution >= 0.6 is 0 Å². The molecule has 0 bridgehead atoms. The van der Waals surface area contributed by atoms with E-state index in [0.717, 1.165) is 71.1 Å². The number of nitrogens with zero attached hydrogens (tertiary/aromatic N) is 3. The molecule has 0 radical (unpaired) electrons. The van der Waals surface area contributed by atoms with Crippen LogP contribution in [0.2, 0.25) is 0 Å². The van der Waals surface area contributed by atoms with Gasteiger partial charge in [-0.25, -0.2) is 0 Å². The number of hydrogen-bond acceptors (Lipinski definition) is 6. The molecule has 4 heterocycles. The normalized spacial score (nSPS) is 16.8. The summed E-state index contributed by atoms with van der Waals surface area (Å²) in [5.41, 5.74) is 4.87. The number of aromatic nitrogens is 1. The summed E-state index contributed by atoms with van der Waals surface area (Å²) in [7, 11) is 2.09. The van der Waals surface area contributed by atoms with E-state index < -0.39 is 0 Å².